The molecule has 1 saturated heterocycles. The Morgan fingerprint density at radius 2 is 1.53 bits per heavy atom. The zero-order valence-electron chi connectivity index (χ0n) is 18.7. The van der Waals surface area contributed by atoms with Crippen molar-refractivity contribution in [2.45, 2.75) is 27.7 Å². The highest BCUT2D eigenvalue weighted by Gasteiger charge is 2.27. The minimum atomic E-state index is 0.0142. The highest BCUT2D eigenvalue weighted by Crippen LogP contribution is 2.18. The van der Waals surface area contributed by atoms with Gasteiger partial charge in [0.1, 0.15) is 26.2 Å². The third-order valence-corrected chi connectivity index (χ3v) is 6.14. The summed E-state index contributed by atoms with van der Waals surface area (Å²) in [4.78, 5) is 27.5. The lowest BCUT2D eigenvalue weighted by Gasteiger charge is -2.29. The molecule has 3 rings (SSSR count). The van der Waals surface area contributed by atoms with Crippen molar-refractivity contribution in [1.29, 1.82) is 0 Å². The second-order valence-electron chi connectivity index (χ2n) is 8.37. The fraction of sp³-hybridized carbons (Fsp3) is 0.500. The van der Waals surface area contributed by atoms with E-state index in [0.717, 1.165) is 54.5 Å². The van der Waals surface area contributed by atoms with E-state index in [4.69, 9.17) is 0 Å². The van der Waals surface area contributed by atoms with Gasteiger partial charge in [-0.2, -0.15) is 5.10 Å². The van der Waals surface area contributed by atoms with Crippen molar-refractivity contribution in [3.8, 4) is 0 Å². The van der Waals surface area contributed by atoms with E-state index in [1.54, 1.807) is 4.68 Å². The number of amides is 2. The molecule has 8 nitrogen and oxygen atoms in total. The van der Waals surface area contributed by atoms with E-state index in [1.165, 1.54) is 15.4 Å². The first-order valence-electron chi connectivity index (χ1n) is 10.6. The molecule has 30 heavy (non-hydrogen) atoms. The van der Waals surface area contributed by atoms with E-state index < -0.39 is 0 Å². The standard InChI is InChI=1S/C22H32N6O2/c1-15-7-6-8-19(16(15)2)23-20(29)13-27-9-11-28(12-10-27)14-21(30)24-22-17(3)25-26(5)18(22)4/h6-8H,9-14H2,1-5H3,(H,23,29)(H,24,30)/p+2. The summed E-state index contributed by atoms with van der Waals surface area (Å²) in [6, 6.07) is 5.96. The van der Waals surface area contributed by atoms with E-state index in [0.29, 0.717) is 13.1 Å². The predicted molar refractivity (Wildman–Crippen MR) is 117 cm³/mol. The topological polar surface area (TPSA) is 84.9 Å². The van der Waals surface area contributed by atoms with Gasteiger partial charge in [0.25, 0.3) is 11.8 Å². The van der Waals surface area contributed by atoms with E-state index >= 15 is 0 Å². The van der Waals surface area contributed by atoms with Gasteiger partial charge < -0.3 is 20.4 Å². The quantitative estimate of drug-likeness (QED) is 0.490. The normalized spacial score (nSPS) is 18.8. The summed E-state index contributed by atoms with van der Waals surface area (Å²) >= 11 is 0. The van der Waals surface area contributed by atoms with E-state index in [-0.39, 0.29) is 11.8 Å². The van der Waals surface area contributed by atoms with Crippen molar-refractivity contribution < 1.29 is 19.4 Å². The maximum atomic E-state index is 12.5. The van der Waals surface area contributed by atoms with Gasteiger partial charge in [-0.15, -0.1) is 0 Å². The third-order valence-electron chi connectivity index (χ3n) is 6.14. The van der Waals surface area contributed by atoms with Crippen molar-refractivity contribution in [2.24, 2.45) is 7.05 Å². The molecule has 2 amide bonds. The maximum absolute atomic E-state index is 12.5. The number of piperazine rings is 1. The van der Waals surface area contributed by atoms with E-state index in [1.807, 2.05) is 52.9 Å². The first-order valence-corrected chi connectivity index (χ1v) is 10.6. The first-order chi connectivity index (χ1) is 14.2. The van der Waals surface area contributed by atoms with Crippen LogP contribution >= 0.6 is 0 Å². The molecule has 0 saturated carbocycles. The van der Waals surface area contributed by atoms with Crippen LogP contribution in [0.4, 0.5) is 11.4 Å². The Morgan fingerprint density at radius 3 is 2.07 bits per heavy atom. The minimum Gasteiger partial charge on any atom is -0.321 e. The number of quaternary nitrogens is 2. The fourth-order valence-corrected chi connectivity index (χ4v) is 3.98. The molecule has 1 aliphatic rings. The molecule has 0 spiro atoms. The molecule has 0 unspecified atom stereocenters. The number of hydrogen-bond donors (Lipinski definition) is 4. The van der Waals surface area contributed by atoms with Crippen molar-refractivity contribution in [3.63, 3.8) is 0 Å². The Bertz CT molecular complexity index is 928. The van der Waals surface area contributed by atoms with Crippen molar-refractivity contribution in [2.75, 3.05) is 49.9 Å². The van der Waals surface area contributed by atoms with Crippen molar-refractivity contribution in [3.05, 3.63) is 40.7 Å². The molecule has 0 aliphatic carbocycles. The maximum Gasteiger partial charge on any atom is 0.279 e. The smallest absolute Gasteiger partial charge is 0.279 e. The molecule has 162 valence electrons. The molecule has 1 aromatic heterocycles. The molecular formula is C22H34N6O2+2. The van der Waals surface area contributed by atoms with Crippen LogP contribution in [-0.2, 0) is 16.6 Å². The summed E-state index contributed by atoms with van der Waals surface area (Å²) in [5.74, 6) is 0.0581. The van der Waals surface area contributed by atoms with Crippen LogP contribution in [0, 0.1) is 27.7 Å². The number of nitrogens with zero attached hydrogens (tertiary/aromatic N) is 2. The van der Waals surface area contributed by atoms with Gasteiger partial charge in [0.2, 0.25) is 0 Å². The lowest BCUT2D eigenvalue weighted by molar-refractivity contribution is -1.00. The monoisotopic (exact) mass is 414 g/mol. The van der Waals surface area contributed by atoms with Gasteiger partial charge in [0.15, 0.2) is 13.1 Å². The third kappa shape index (κ3) is 5.25. The van der Waals surface area contributed by atoms with Gasteiger partial charge in [-0.05, 0) is 44.9 Å². The van der Waals surface area contributed by atoms with Crippen LogP contribution in [0.1, 0.15) is 22.5 Å². The van der Waals surface area contributed by atoms with Crippen LogP contribution in [0.25, 0.3) is 0 Å². The van der Waals surface area contributed by atoms with Gasteiger partial charge in [0, 0.05) is 12.7 Å². The number of carbonyl (C=O) groups is 2. The second-order valence-corrected chi connectivity index (χ2v) is 8.37. The number of aryl methyl sites for hydroxylation is 3. The fourth-order valence-electron chi connectivity index (χ4n) is 3.98. The summed E-state index contributed by atoms with van der Waals surface area (Å²) in [5, 5.41) is 10.4. The van der Waals surface area contributed by atoms with Gasteiger partial charge in [-0.25, -0.2) is 0 Å². The summed E-state index contributed by atoms with van der Waals surface area (Å²) < 4.78 is 1.78. The SMILES string of the molecule is Cc1cccc(NC(=O)C[NH+]2CC[NH+](CC(=O)Nc3c(C)nn(C)c3C)CC2)c1C. The summed E-state index contributed by atoms with van der Waals surface area (Å²) in [7, 11) is 1.88. The summed E-state index contributed by atoms with van der Waals surface area (Å²) in [6.07, 6.45) is 0. The van der Waals surface area contributed by atoms with Gasteiger partial charge in [-0.3, -0.25) is 14.3 Å². The number of carbonyl (C=O) groups excluding carboxylic acids is 2. The number of aromatic nitrogens is 2. The van der Waals surface area contributed by atoms with Crippen LogP contribution in [0.5, 0.6) is 0 Å². The van der Waals surface area contributed by atoms with Gasteiger partial charge in [-0.1, -0.05) is 12.1 Å². The molecule has 0 atom stereocenters. The molecule has 8 heteroatoms. The highest BCUT2D eigenvalue weighted by molar-refractivity contribution is 5.93. The number of hydrogen-bond acceptors (Lipinski definition) is 3. The summed E-state index contributed by atoms with van der Waals surface area (Å²) in [5.41, 5.74) is 5.78. The largest absolute Gasteiger partial charge is 0.321 e. The van der Waals surface area contributed by atoms with Crippen LogP contribution in [0.2, 0.25) is 0 Å². The Balaban J connectivity index is 1.43. The average molecular weight is 415 g/mol. The summed E-state index contributed by atoms with van der Waals surface area (Å²) in [6.45, 7) is 12.4. The Hall–Kier alpha value is -2.71. The number of rotatable bonds is 6. The molecular weight excluding hydrogens is 380 g/mol. The Kier molecular flexibility index (Phi) is 6.89. The second kappa shape index (κ2) is 9.40. The Labute approximate surface area is 178 Å². The van der Waals surface area contributed by atoms with Crippen LogP contribution in [-0.4, -0.2) is 60.9 Å². The molecule has 1 aromatic carbocycles. The van der Waals surface area contributed by atoms with Crippen molar-refractivity contribution >= 4 is 23.2 Å². The average Bonchev–Trinajstić information content (AvgIpc) is 2.93. The zero-order valence-corrected chi connectivity index (χ0v) is 18.7. The van der Waals surface area contributed by atoms with Crippen molar-refractivity contribution in [1.82, 2.24) is 9.78 Å². The molecule has 1 fully saturated rings. The molecule has 0 radical (unpaired) electrons. The predicted octanol–water partition coefficient (Wildman–Crippen LogP) is -0.986. The molecule has 0 bridgehead atoms. The number of benzene rings is 1. The van der Waals surface area contributed by atoms with Crippen LogP contribution in [0.15, 0.2) is 18.2 Å². The lowest BCUT2D eigenvalue weighted by Crippen LogP contribution is -3.28. The van der Waals surface area contributed by atoms with E-state index in [2.05, 4.69) is 15.7 Å². The Morgan fingerprint density at radius 1 is 0.967 bits per heavy atom. The highest BCUT2D eigenvalue weighted by atomic mass is 16.2. The van der Waals surface area contributed by atoms with Crippen LogP contribution in [0.3, 0.4) is 0 Å². The van der Waals surface area contributed by atoms with E-state index in [9.17, 15) is 9.59 Å². The van der Waals surface area contributed by atoms with Gasteiger partial charge >= 0.3 is 0 Å². The molecule has 4 N–H and O–H groups in total. The lowest BCUT2D eigenvalue weighted by atomic mass is 10.1. The molecule has 2 aromatic rings. The van der Waals surface area contributed by atoms with Gasteiger partial charge in [0.05, 0.1) is 17.1 Å². The molecule has 2 heterocycles. The molecule has 1 aliphatic heterocycles. The minimum absolute atomic E-state index is 0.0142. The zero-order chi connectivity index (χ0) is 21.8. The van der Waals surface area contributed by atoms with Crippen LogP contribution < -0.4 is 20.4 Å². The number of nitrogens with one attached hydrogen (secondary N) is 4. The number of anilines is 2. The first kappa shape index (κ1) is 22.0.